The topological polar surface area (TPSA) is 67.5 Å². The Bertz CT molecular complexity index is 504. The van der Waals surface area contributed by atoms with Crippen LogP contribution in [0, 0.1) is 5.92 Å². The largest absolute Gasteiger partial charge is 0.322 e. The molecule has 1 fully saturated rings. The number of benzene rings is 1. The summed E-state index contributed by atoms with van der Waals surface area (Å²) in [4.78, 5) is 16.3. The van der Waals surface area contributed by atoms with Gasteiger partial charge in [-0.2, -0.15) is 0 Å². The molecule has 3 rings (SSSR count). The molecule has 1 amide bonds. The monoisotopic (exact) mass is 243 g/mol. The predicted octanol–water partition coefficient (Wildman–Crippen LogP) is 1.90. The maximum atomic E-state index is 11.8. The summed E-state index contributed by atoms with van der Waals surface area (Å²) in [5.41, 5.74) is 8.69. The summed E-state index contributed by atoms with van der Waals surface area (Å²) in [5, 5.41) is 2.85. The molecule has 0 bridgehead atoms. The van der Waals surface area contributed by atoms with Crippen molar-refractivity contribution in [3.8, 4) is 0 Å². The van der Waals surface area contributed by atoms with E-state index in [-0.39, 0.29) is 5.91 Å². The van der Waals surface area contributed by atoms with E-state index in [1.165, 1.54) is 12.8 Å². The number of anilines is 1. The fourth-order valence-electron chi connectivity index (χ4n) is 2.82. The summed E-state index contributed by atoms with van der Waals surface area (Å²) in [6.45, 7) is 0. The summed E-state index contributed by atoms with van der Waals surface area (Å²) in [6.07, 6.45) is 3.99. The summed E-state index contributed by atoms with van der Waals surface area (Å²) in [6, 6.07) is 7.83. The second kappa shape index (κ2) is 4.53. The highest BCUT2D eigenvalue weighted by molar-refractivity contribution is 6.12. The van der Waals surface area contributed by atoms with Crippen LogP contribution in [0.3, 0.4) is 0 Å². The number of para-hydroxylation sites is 1. The average molecular weight is 243 g/mol. The van der Waals surface area contributed by atoms with Crippen molar-refractivity contribution in [1.82, 2.24) is 0 Å². The average Bonchev–Trinajstić information content (AvgIpc) is 2.86. The van der Waals surface area contributed by atoms with Crippen LogP contribution in [0.1, 0.15) is 31.2 Å². The third kappa shape index (κ3) is 1.93. The number of fused-ring (bicyclic) bond motifs is 1. The van der Waals surface area contributed by atoms with Crippen molar-refractivity contribution in [2.45, 2.75) is 31.8 Å². The molecule has 1 heterocycles. The number of carbonyl (C=O) groups is 1. The second-order valence-electron chi connectivity index (χ2n) is 4.98. The molecule has 0 spiro atoms. The van der Waals surface area contributed by atoms with Gasteiger partial charge in [-0.15, -0.1) is 0 Å². The lowest BCUT2D eigenvalue weighted by Crippen LogP contribution is -2.33. The molecule has 0 radical (unpaired) electrons. The molecule has 1 unspecified atom stereocenters. The summed E-state index contributed by atoms with van der Waals surface area (Å²) in [7, 11) is 0. The Labute approximate surface area is 106 Å². The maximum absolute atomic E-state index is 11.8. The summed E-state index contributed by atoms with van der Waals surface area (Å²) < 4.78 is 0. The molecule has 1 aromatic carbocycles. The molecule has 1 aromatic rings. The predicted molar refractivity (Wildman–Crippen MR) is 71.5 cm³/mol. The van der Waals surface area contributed by atoms with Crippen LogP contribution >= 0.6 is 0 Å². The normalized spacial score (nSPS) is 24.2. The lowest BCUT2D eigenvalue weighted by molar-refractivity contribution is -0.117. The Balaban J connectivity index is 2.08. The Kier molecular flexibility index (Phi) is 2.88. The van der Waals surface area contributed by atoms with Crippen LogP contribution in [0.2, 0.25) is 0 Å². The van der Waals surface area contributed by atoms with E-state index in [9.17, 15) is 4.79 Å². The van der Waals surface area contributed by atoms with E-state index in [1.807, 2.05) is 24.3 Å². The highest BCUT2D eigenvalue weighted by atomic mass is 16.2. The van der Waals surface area contributed by atoms with Gasteiger partial charge in [-0.1, -0.05) is 31.0 Å². The minimum Gasteiger partial charge on any atom is -0.322 e. The smallest absolute Gasteiger partial charge is 0.263 e. The van der Waals surface area contributed by atoms with E-state index >= 15 is 0 Å². The number of carbonyl (C=O) groups excluding carboxylic acids is 1. The molecular formula is C14H17N3O. The van der Waals surface area contributed by atoms with Crippen LogP contribution in [-0.4, -0.2) is 17.8 Å². The van der Waals surface area contributed by atoms with Gasteiger partial charge in [0.15, 0.2) is 6.17 Å². The van der Waals surface area contributed by atoms with Crippen LogP contribution in [0.5, 0.6) is 0 Å². The molecular weight excluding hydrogens is 226 g/mol. The molecule has 1 atom stereocenters. The first-order valence-corrected chi connectivity index (χ1v) is 6.49. The first-order valence-electron chi connectivity index (χ1n) is 6.49. The van der Waals surface area contributed by atoms with Gasteiger partial charge in [0.25, 0.3) is 5.91 Å². The number of hydrogen-bond acceptors (Lipinski definition) is 3. The molecule has 18 heavy (non-hydrogen) atoms. The quantitative estimate of drug-likeness (QED) is 0.791. The van der Waals surface area contributed by atoms with E-state index in [1.54, 1.807) is 0 Å². The van der Waals surface area contributed by atoms with Crippen molar-refractivity contribution in [3.63, 3.8) is 0 Å². The number of benzodiazepines with no additional fused rings is 1. The van der Waals surface area contributed by atoms with Gasteiger partial charge in [-0.05, 0) is 18.9 Å². The lowest BCUT2D eigenvalue weighted by atomic mass is 9.94. The number of aliphatic imine (C=N–C) groups is 1. The third-order valence-electron chi connectivity index (χ3n) is 3.75. The summed E-state index contributed by atoms with van der Waals surface area (Å²) in [5.74, 6) is 0.223. The van der Waals surface area contributed by atoms with Crippen molar-refractivity contribution >= 4 is 17.3 Å². The number of nitrogens with one attached hydrogen (secondary N) is 1. The highest BCUT2D eigenvalue weighted by Crippen LogP contribution is 2.32. The van der Waals surface area contributed by atoms with Gasteiger partial charge >= 0.3 is 0 Å². The number of rotatable bonds is 1. The van der Waals surface area contributed by atoms with E-state index < -0.39 is 6.17 Å². The Morgan fingerprint density at radius 1 is 1.22 bits per heavy atom. The maximum Gasteiger partial charge on any atom is 0.263 e. The molecule has 0 aromatic heterocycles. The molecule has 1 saturated carbocycles. The Morgan fingerprint density at radius 2 is 1.94 bits per heavy atom. The molecule has 3 N–H and O–H groups in total. The minimum atomic E-state index is -0.784. The van der Waals surface area contributed by atoms with E-state index in [4.69, 9.17) is 5.73 Å². The van der Waals surface area contributed by atoms with E-state index in [0.717, 1.165) is 29.8 Å². The molecule has 4 nitrogen and oxygen atoms in total. The molecule has 0 saturated heterocycles. The zero-order valence-electron chi connectivity index (χ0n) is 10.2. The lowest BCUT2D eigenvalue weighted by Gasteiger charge is -2.14. The van der Waals surface area contributed by atoms with Gasteiger partial charge < -0.3 is 11.1 Å². The molecule has 1 aliphatic carbocycles. The zero-order chi connectivity index (χ0) is 12.5. The van der Waals surface area contributed by atoms with Crippen molar-refractivity contribution in [2.75, 3.05) is 5.32 Å². The zero-order valence-corrected chi connectivity index (χ0v) is 10.2. The van der Waals surface area contributed by atoms with Crippen molar-refractivity contribution in [1.29, 1.82) is 0 Å². The van der Waals surface area contributed by atoms with Gasteiger partial charge in [0.1, 0.15) is 0 Å². The first kappa shape index (κ1) is 11.4. The van der Waals surface area contributed by atoms with Gasteiger partial charge in [0.05, 0.1) is 0 Å². The summed E-state index contributed by atoms with van der Waals surface area (Å²) >= 11 is 0. The highest BCUT2D eigenvalue weighted by Gasteiger charge is 2.28. The van der Waals surface area contributed by atoms with Crippen LogP contribution < -0.4 is 11.1 Å². The number of nitrogens with two attached hydrogens (primary N) is 1. The Morgan fingerprint density at radius 3 is 2.72 bits per heavy atom. The van der Waals surface area contributed by atoms with E-state index in [0.29, 0.717) is 5.92 Å². The second-order valence-corrected chi connectivity index (χ2v) is 4.98. The van der Waals surface area contributed by atoms with Gasteiger partial charge in [0.2, 0.25) is 0 Å². The van der Waals surface area contributed by atoms with Crippen LogP contribution in [0.15, 0.2) is 29.3 Å². The van der Waals surface area contributed by atoms with Crippen LogP contribution in [0.25, 0.3) is 0 Å². The third-order valence-corrected chi connectivity index (χ3v) is 3.75. The van der Waals surface area contributed by atoms with Crippen molar-refractivity contribution in [3.05, 3.63) is 29.8 Å². The number of hydrogen-bond donors (Lipinski definition) is 2. The van der Waals surface area contributed by atoms with E-state index in [2.05, 4.69) is 10.3 Å². The minimum absolute atomic E-state index is 0.226. The van der Waals surface area contributed by atoms with Gasteiger partial charge in [0, 0.05) is 22.9 Å². The standard InChI is InChI=1S/C14H17N3O/c15-13-14(18)16-11-8-4-3-7-10(11)12(17-13)9-5-1-2-6-9/h3-4,7-9,13H,1-2,5-6,15H2,(H,16,18). The Hall–Kier alpha value is -1.68. The SMILES string of the molecule is NC1N=C(C2CCCC2)c2ccccc2NC1=O. The van der Waals surface area contributed by atoms with Gasteiger partial charge in [-0.3, -0.25) is 9.79 Å². The van der Waals surface area contributed by atoms with Crippen LogP contribution in [0.4, 0.5) is 5.69 Å². The fourth-order valence-corrected chi connectivity index (χ4v) is 2.82. The van der Waals surface area contributed by atoms with Crippen LogP contribution in [-0.2, 0) is 4.79 Å². The van der Waals surface area contributed by atoms with Gasteiger partial charge in [-0.25, -0.2) is 0 Å². The number of nitrogens with zero attached hydrogens (tertiary/aromatic N) is 1. The van der Waals surface area contributed by atoms with Crippen molar-refractivity contribution in [2.24, 2.45) is 16.6 Å². The molecule has 2 aliphatic rings. The molecule has 1 aliphatic heterocycles. The molecule has 94 valence electrons. The van der Waals surface area contributed by atoms with Crippen molar-refractivity contribution < 1.29 is 4.79 Å². The fraction of sp³-hybridized carbons (Fsp3) is 0.429. The first-order chi connectivity index (χ1) is 8.75. The molecule has 4 heteroatoms. The number of amides is 1.